The number of aromatic carboxylic acids is 1. The molecule has 7 heteroatoms. The van der Waals surface area contributed by atoms with Crippen molar-refractivity contribution in [2.45, 2.75) is 39.3 Å². The number of carboxylic acids is 1. The monoisotopic (exact) mass is 409 g/mol. The third-order valence-electron chi connectivity index (χ3n) is 5.42. The van der Waals surface area contributed by atoms with Gasteiger partial charge in [-0.2, -0.15) is 0 Å². The summed E-state index contributed by atoms with van der Waals surface area (Å²) in [5, 5.41) is 22.2. The molecule has 0 saturated carbocycles. The van der Waals surface area contributed by atoms with E-state index < -0.39 is 5.97 Å². The van der Waals surface area contributed by atoms with Crippen LogP contribution >= 0.6 is 0 Å². The molecule has 2 aromatic heterocycles. The number of rotatable bonds is 8. The number of imidazole rings is 1. The number of hydrogen-bond donors (Lipinski definition) is 1. The van der Waals surface area contributed by atoms with Gasteiger partial charge in [0, 0.05) is 30.1 Å². The number of benzene rings is 2. The maximum Gasteiger partial charge on any atom is 1.00 e. The molecule has 4 aromatic rings. The third-order valence-corrected chi connectivity index (χ3v) is 5.42. The molecule has 0 aliphatic rings. The Labute approximate surface area is 193 Å². The Morgan fingerprint density at radius 3 is 2.71 bits per heavy atom. The number of nitrogens with zero attached hydrogens (tertiary/aromatic N) is 3. The average Bonchev–Trinajstić information content (AvgIpc) is 3.35. The predicted molar refractivity (Wildman–Crippen MR) is 113 cm³/mol. The first-order chi connectivity index (χ1) is 14.6. The van der Waals surface area contributed by atoms with Gasteiger partial charge in [0.1, 0.15) is 5.82 Å². The molecular formula is C24H24LiN3O3. The average molecular weight is 409 g/mol. The molecule has 0 bridgehead atoms. The summed E-state index contributed by atoms with van der Waals surface area (Å²) >= 11 is 0. The second-order valence-corrected chi connectivity index (χ2v) is 7.40. The van der Waals surface area contributed by atoms with E-state index in [0.717, 1.165) is 47.2 Å². The summed E-state index contributed by atoms with van der Waals surface area (Å²) in [7, 11) is 0. The van der Waals surface area contributed by atoms with E-state index in [1.165, 1.54) is 0 Å². The van der Waals surface area contributed by atoms with Crippen molar-refractivity contribution in [1.29, 1.82) is 0 Å². The molecule has 154 valence electrons. The molecule has 0 unspecified atom stereocenters. The number of carboxylic acid groups (broad SMARTS) is 1. The Bertz CT molecular complexity index is 1200. The zero-order valence-electron chi connectivity index (χ0n) is 17.9. The molecule has 0 atom stereocenters. The van der Waals surface area contributed by atoms with E-state index in [2.05, 4.69) is 22.5 Å². The van der Waals surface area contributed by atoms with E-state index in [4.69, 9.17) is 0 Å². The van der Waals surface area contributed by atoms with Gasteiger partial charge in [0.2, 0.25) is 0 Å². The summed E-state index contributed by atoms with van der Waals surface area (Å²) in [5.74, 6) is -0.207. The van der Waals surface area contributed by atoms with Crippen molar-refractivity contribution in [3.8, 4) is 5.69 Å². The van der Waals surface area contributed by atoms with Crippen molar-refractivity contribution in [1.82, 2.24) is 14.1 Å². The van der Waals surface area contributed by atoms with E-state index in [1.54, 1.807) is 24.4 Å². The Hall–Kier alpha value is -2.78. The van der Waals surface area contributed by atoms with E-state index in [0.29, 0.717) is 12.2 Å². The molecule has 0 amide bonds. The van der Waals surface area contributed by atoms with Crippen LogP contribution in [0.1, 0.15) is 47.2 Å². The van der Waals surface area contributed by atoms with Gasteiger partial charge in [-0.25, -0.2) is 4.98 Å². The van der Waals surface area contributed by atoms with Crippen LogP contribution in [0.2, 0.25) is 0 Å². The van der Waals surface area contributed by atoms with Gasteiger partial charge in [0.25, 0.3) is 0 Å². The van der Waals surface area contributed by atoms with Gasteiger partial charge in [0.15, 0.2) is 0 Å². The smallest absolute Gasteiger partial charge is 0.545 e. The molecule has 0 aliphatic heterocycles. The van der Waals surface area contributed by atoms with Crippen LogP contribution in [0.25, 0.3) is 16.6 Å². The molecule has 1 N–H and O–H groups in total. The van der Waals surface area contributed by atoms with E-state index >= 15 is 0 Å². The van der Waals surface area contributed by atoms with Crippen LogP contribution in [-0.2, 0) is 19.6 Å². The summed E-state index contributed by atoms with van der Waals surface area (Å²) in [5.41, 5.74) is 3.57. The van der Waals surface area contributed by atoms with Crippen LogP contribution in [0.5, 0.6) is 0 Å². The maximum absolute atomic E-state index is 11.5. The summed E-state index contributed by atoms with van der Waals surface area (Å²) in [6, 6.07) is 14.9. The van der Waals surface area contributed by atoms with Gasteiger partial charge in [-0.05, 0) is 36.2 Å². The Morgan fingerprint density at radius 2 is 1.97 bits per heavy atom. The number of carbonyl (C=O) groups is 1. The molecule has 2 heterocycles. The summed E-state index contributed by atoms with van der Waals surface area (Å²) < 4.78 is 3.95. The molecule has 0 spiro atoms. The maximum atomic E-state index is 11.5. The second kappa shape index (κ2) is 10.0. The van der Waals surface area contributed by atoms with Crippen LogP contribution in [-0.4, -0.2) is 25.2 Å². The Balaban J connectivity index is 0.00000272. The Morgan fingerprint density at radius 1 is 1.16 bits per heavy atom. The van der Waals surface area contributed by atoms with E-state index in [9.17, 15) is 15.0 Å². The van der Waals surface area contributed by atoms with Gasteiger partial charge in [-0.3, -0.25) is 0 Å². The normalized spacial score (nSPS) is 10.9. The fourth-order valence-electron chi connectivity index (χ4n) is 3.85. The molecule has 0 saturated heterocycles. The number of carbonyl (C=O) groups excluding carboxylic acids is 1. The van der Waals surface area contributed by atoms with Crippen LogP contribution < -0.4 is 24.0 Å². The van der Waals surface area contributed by atoms with E-state index in [-0.39, 0.29) is 31.0 Å². The van der Waals surface area contributed by atoms with Crippen LogP contribution in [0.3, 0.4) is 0 Å². The number of hydrogen-bond acceptors (Lipinski definition) is 4. The summed E-state index contributed by atoms with van der Waals surface area (Å²) in [6.45, 7) is 2.74. The van der Waals surface area contributed by atoms with Gasteiger partial charge in [-0.1, -0.05) is 37.6 Å². The van der Waals surface area contributed by atoms with Gasteiger partial charge in [0.05, 0.1) is 35.7 Å². The number of aliphatic hydroxyl groups excluding tert-OH is 1. The van der Waals surface area contributed by atoms with Crippen molar-refractivity contribution in [2.24, 2.45) is 0 Å². The van der Waals surface area contributed by atoms with Gasteiger partial charge >= 0.3 is 18.9 Å². The van der Waals surface area contributed by atoms with Crippen LogP contribution in [0, 0.1) is 0 Å². The van der Waals surface area contributed by atoms with Crippen LogP contribution in [0.15, 0.2) is 60.9 Å². The molecule has 0 fully saturated rings. The van der Waals surface area contributed by atoms with Crippen molar-refractivity contribution >= 4 is 16.9 Å². The zero-order chi connectivity index (χ0) is 21.1. The number of para-hydroxylation sites is 1. The molecule has 0 radical (unpaired) electrons. The number of aliphatic hydroxyl groups is 1. The number of unbranched alkanes of at least 4 members (excludes halogenated alkanes) is 1. The summed E-state index contributed by atoms with van der Waals surface area (Å²) in [6.07, 6.45) is 6.65. The van der Waals surface area contributed by atoms with Crippen molar-refractivity contribution in [2.75, 3.05) is 0 Å². The number of fused-ring (bicyclic) bond motifs is 1. The van der Waals surface area contributed by atoms with Gasteiger partial charge in [-0.15, -0.1) is 0 Å². The second-order valence-electron chi connectivity index (χ2n) is 7.40. The fourth-order valence-corrected chi connectivity index (χ4v) is 3.85. The quantitative estimate of drug-likeness (QED) is 0.418. The molecule has 6 nitrogen and oxygen atoms in total. The fraction of sp³-hybridized carbons (Fsp3) is 0.250. The summed E-state index contributed by atoms with van der Waals surface area (Å²) in [4.78, 5) is 16.0. The van der Waals surface area contributed by atoms with Crippen molar-refractivity contribution < 1.29 is 33.9 Å². The first-order valence-corrected chi connectivity index (χ1v) is 10.2. The SMILES string of the molecule is CCCCc1ncc(CO)n1Cc1ccc2c(ccn2-c2ccccc2C(=O)[O-])c1.[Li+]. The molecule has 0 aliphatic carbocycles. The molecular weight excluding hydrogens is 385 g/mol. The van der Waals surface area contributed by atoms with Crippen molar-refractivity contribution in [3.05, 3.63) is 83.6 Å². The Kier molecular flexibility index (Phi) is 7.40. The first-order valence-electron chi connectivity index (χ1n) is 10.2. The minimum absolute atomic E-state index is 0. The van der Waals surface area contributed by atoms with Gasteiger partial charge < -0.3 is 24.1 Å². The minimum atomic E-state index is -1.19. The largest absolute Gasteiger partial charge is 1.00 e. The molecule has 31 heavy (non-hydrogen) atoms. The molecule has 2 aromatic carbocycles. The van der Waals surface area contributed by atoms with Crippen molar-refractivity contribution in [3.63, 3.8) is 0 Å². The first kappa shape index (κ1) is 22.9. The third kappa shape index (κ3) is 4.62. The van der Waals surface area contributed by atoms with Crippen LogP contribution in [0.4, 0.5) is 0 Å². The zero-order valence-corrected chi connectivity index (χ0v) is 17.9. The minimum Gasteiger partial charge on any atom is -0.545 e. The topological polar surface area (TPSA) is 83.1 Å². The standard InChI is InChI=1S/C24H25N3O3.Li/c1-2-3-8-23-25-14-19(16-28)27(23)15-17-9-10-21-18(13-17)11-12-26(21)22-7-5-4-6-20(22)24(29)30;/h4-7,9-14,28H,2-3,8,15-16H2,1H3,(H,29,30);/q;+1/p-1. The van der Waals surface area contributed by atoms with E-state index in [1.807, 2.05) is 35.0 Å². The predicted octanol–water partition coefficient (Wildman–Crippen LogP) is 0.0777. The number of aryl methyl sites for hydroxylation is 1. The number of aromatic nitrogens is 3. The molecule has 4 rings (SSSR count).